The van der Waals surface area contributed by atoms with Crippen LogP contribution in [0.5, 0.6) is 11.5 Å². The summed E-state index contributed by atoms with van der Waals surface area (Å²) in [6, 6.07) is 17.8. The van der Waals surface area contributed by atoms with Gasteiger partial charge >= 0.3 is 0 Å². The number of hydrogen-bond acceptors (Lipinski definition) is 7. The summed E-state index contributed by atoms with van der Waals surface area (Å²) in [6.45, 7) is 3.04. The summed E-state index contributed by atoms with van der Waals surface area (Å²) in [6.07, 6.45) is 5.36. The van der Waals surface area contributed by atoms with Crippen LogP contribution >= 0.6 is 22.9 Å². The fourth-order valence-electron chi connectivity index (χ4n) is 5.21. The van der Waals surface area contributed by atoms with Crippen molar-refractivity contribution >= 4 is 39.5 Å². The molecule has 0 saturated carbocycles. The lowest BCUT2D eigenvalue weighted by Gasteiger charge is -2.24. The van der Waals surface area contributed by atoms with E-state index < -0.39 is 5.79 Å². The minimum atomic E-state index is -1.03. The first-order chi connectivity index (χ1) is 19.1. The minimum Gasteiger partial charge on any atom is -0.443 e. The van der Waals surface area contributed by atoms with Crippen molar-refractivity contribution in [3.8, 4) is 11.5 Å². The minimum absolute atomic E-state index is 0.0252. The lowest BCUT2D eigenvalue weighted by atomic mass is 9.99. The average molecular weight is 557 g/mol. The molecule has 0 saturated heterocycles. The van der Waals surface area contributed by atoms with E-state index in [9.17, 15) is 0 Å². The number of aromatic nitrogens is 4. The second-order valence-electron chi connectivity index (χ2n) is 9.83. The van der Waals surface area contributed by atoms with E-state index in [0.29, 0.717) is 35.4 Å². The molecule has 2 aromatic carbocycles. The normalized spacial score (nSPS) is 20.4. The molecule has 7 rings (SSSR count). The summed E-state index contributed by atoms with van der Waals surface area (Å²) >= 11 is 7.64. The molecule has 5 aromatic rings. The number of ether oxygens (including phenoxy) is 3. The van der Waals surface area contributed by atoms with Gasteiger partial charge in [0.1, 0.15) is 11.5 Å². The highest BCUT2D eigenvalue weighted by molar-refractivity contribution is 7.07. The van der Waals surface area contributed by atoms with Gasteiger partial charge in [-0.25, -0.2) is 9.97 Å². The highest BCUT2D eigenvalue weighted by Gasteiger charge is 2.41. The lowest BCUT2D eigenvalue weighted by Crippen LogP contribution is -2.32. The van der Waals surface area contributed by atoms with Gasteiger partial charge in [0, 0.05) is 30.5 Å². The molecule has 5 heterocycles. The summed E-state index contributed by atoms with van der Waals surface area (Å²) in [4.78, 5) is 13.9. The summed E-state index contributed by atoms with van der Waals surface area (Å²) in [5, 5.41) is 2.65. The molecule has 0 radical (unpaired) electrons. The number of nitrogens with zero attached hydrogens (tertiary/aromatic N) is 4. The van der Waals surface area contributed by atoms with Crippen LogP contribution in [0.2, 0.25) is 5.02 Å². The number of thiazole rings is 1. The Morgan fingerprint density at radius 2 is 2.00 bits per heavy atom. The first kappa shape index (κ1) is 24.3. The molecular formula is C30H25ClN4O3S. The van der Waals surface area contributed by atoms with Crippen LogP contribution in [-0.2, 0) is 23.5 Å². The van der Waals surface area contributed by atoms with Gasteiger partial charge in [-0.1, -0.05) is 41.9 Å². The zero-order valence-corrected chi connectivity index (χ0v) is 22.8. The Bertz CT molecular complexity index is 1680. The zero-order chi connectivity index (χ0) is 26.4. The fourth-order valence-corrected chi connectivity index (χ4v) is 5.87. The quantitative estimate of drug-likeness (QED) is 0.233. The Kier molecular flexibility index (Phi) is 6.11. The van der Waals surface area contributed by atoms with E-state index in [2.05, 4.69) is 44.2 Å². The van der Waals surface area contributed by atoms with Gasteiger partial charge in [-0.2, -0.15) is 0 Å². The highest BCUT2D eigenvalue weighted by Crippen LogP contribution is 2.48. The predicted molar refractivity (Wildman–Crippen MR) is 151 cm³/mol. The van der Waals surface area contributed by atoms with Crippen molar-refractivity contribution in [1.29, 1.82) is 0 Å². The van der Waals surface area contributed by atoms with Crippen LogP contribution in [0.25, 0.3) is 16.6 Å². The van der Waals surface area contributed by atoms with Crippen molar-refractivity contribution in [3.63, 3.8) is 0 Å². The Morgan fingerprint density at radius 1 is 1.08 bits per heavy atom. The molecule has 39 heavy (non-hydrogen) atoms. The maximum Gasteiger partial charge on any atom is 0.292 e. The van der Waals surface area contributed by atoms with Crippen LogP contribution < -0.4 is 9.47 Å². The number of pyridine rings is 1. The molecule has 0 fully saturated rings. The van der Waals surface area contributed by atoms with E-state index in [1.807, 2.05) is 42.8 Å². The third-order valence-electron chi connectivity index (χ3n) is 7.17. The molecule has 2 aliphatic rings. The monoisotopic (exact) mass is 556 g/mol. The number of halogens is 1. The molecule has 9 heteroatoms. The molecular weight excluding hydrogens is 532 g/mol. The predicted octanol–water partition coefficient (Wildman–Crippen LogP) is 6.65. The third-order valence-corrected chi connectivity index (χ3v) is 8.03. The topological polar surface area (TPSA) is 71.3 Å². The number of para-hydroxylation sites is 3. The molecule has 0 spiro atoms. The molecule has 0 unspecified atom stereocenters. The van der Waals surface area contributed by atoms with Crippen molar-refractivity contribution in [2.24, 2.45) is 0 Å². The molecule has 2 aliphatic heterocycles. The molecule has 0 amide bonds. The highest BCUT2D eigenvalue weighted by atomic mass is 35.5. The Balaban J connectivity index is 1.11. The second kappa shape index (κ2) is 9.79. The van der Waals surface area contributed by atoms with Gasteiger partial charge in [0.15, 0.2) is 11.5 Å². The number of imidazole rings is 1. The summed E-state index contributed by atoms with van der Waals surface area (Å²) in [5.74, 6) is 1.37. The van der Waals surface area contributed by atoms with Gasteiger partial charge in [-0.3, -0.25) is 4.98 Å². The van der Waals surface area contributed by atoms with Crippen LogP contribution in [0, 0.1) is 0 Å². The molecule has 0 bridgehead atoms. The zero-order valence-electron chi connectivity index (χ0n) is 21.2. The van der Waals surface area contributed by atoms with Gasteiger partial charge in [-0.05, 0) is 42.3 Å². The largest absolute Gasteiger partial charge is 0.443 e. The molecule has 3 aromatic heterocycles. The van der Waals surface area contributed by atoms with Crippen molar-refractivity contribution < 1.29 is 14.2 Å². The van der Waals surface area contributed by atoms with Gasteiger partial charge < -0.3 is 18.8 Å². The Hall–Kier alpha value is -3.72. The van der Waals surface area contributed by atoms with Crippen LogP contribution in [0.4, 0.5) is 0 Å². The van der Waals surface area contributed by atoms with E-state index in [1.54, 1.807) is 23.6 Å². The number of rotatable bonds is 6. The third kappa shape index (κ3) is 4.58. The van der Waals surface area contributed by atoms with Crippen molar-refractivity contribution in [2.45, 2.75) is 38.2 Å². The van der Waals surface area contributed by atoms with Gasteiger partial charge in [-0.15, -0.1) is 11.3 Å². The standard InChI is InChI=1S/C30H25ClN4O3S/c1-30(27-12-10-20(31)14-32-27)37-26-8-4-5-23(29(26)38-30)19-9-11-22(36-16-19)13-28-34-24-6-2-3-7-25(24)35(28)15-21-17-39-18-33-21/h2-10,12,14,17-18,22H,11,13,15-16H2,1H3/t22-,30-/m0/s1. The van der Waals surface area contributed by atoms with Crippen LogP contribution in [0.1, 0.15) is 36.1 Å². The van der Waals surface area contributed by atoms with Crippen LogP contribution in [0.3, 0.4) is 0 Å². The first-order valence-corrected chi connectivity index (χ1v) is 14.1. The molecule has 196 valence electrons. The van der Waals surface area contributed by atoms with E-state index in [0.717, 1.165) is 46.5 Å². The van der Waals surface area contributed by atoms with Gasteiger partial charge in [0.2, 0.25) is 0 Å². The maximum atomic E-state index is 6.39. The second-order valence-corrected chi connectivity index (χ2v) is 11.0. The molecule has 0 N–H and O–H groups in total. The number of benzene rings is 2. The van der Waals surface area contributed by atoms with Crippen molar-refractivity contribution in [3.05, 3.63) is 106 Å². The van der Waals surface area contributed by atoms with Gasteiger partial charge in [0.05, 0.1) is 46.5 Å². The average Bonchev–Trinajstić information content (AvgIpc) is 3.68. The molecule has 0 aliphatic carbocycles. The van der Waals surface area contributed by atoms with E-state index >= 15 is 0 Å². The summed E-state index contributed by atoms with van der Waals surface area (Å²) in [7, 11) is 0. The summed E-state index contributed by atoms with van der Waals surface area (Å²) < 4.78 is 21.3. The summed E-state index contributed by atoms with van der Waals surface area (Å²) in [5.41, 5.74) is 7.72. The van der Waals surface area contributed by atoms with Crippen LogP contribution in [0.15, 0.2) is 77.8 Å². The van der Waals surface area contributed by atoms with Crippen molar-refractivity contribution in [1.82, 2.24) is 19.5 Å². The van der Waals surface area contributed by atoms with Gasteiger partial charge in [0.25, 0.3) is 5.79 Å². The van der Waals surface area contributed by atoms with Crippen LogP contribution in [-0.4, -0.2) is 32.2 Å². The smallest absolute Gasteiger partial charge is 0.292 e. The first-order valence-electron chi connectivity index (χ1n) is 12.8. The fraction of sp³-hybridized carbons (Fsp3) is 0.233. The number of fused-ring (bicyclic) bond motifs is 2. The lowest BCUT2D eigenvalue weighted by molar-refractivity contribution is -0.0719. The van der Waals surface area contributed by atoms with Crippen molar-refractivity contribution in [2.75, 3.05) is 6.61 Å². The van der Waals surface area contributed by atoms with E-state index in [4.69, 9.17) is 30.8 Å². The molecule has 7 nitrogen and oxygen atoms in total. The molecule has 2 atom stereocenters. The Labute approximate surface area is 234 Å². The van der Waals surface area contributed by atoms with E-state index in [-0.39, 0.29) is 6.10 Å². The SMILES string of the molecule is C[C@]1(c2ccc(Cl)cn2)Oc2cccc(C3=CC[C@@H](Cc4nc5ccccc5n4Cc4cscn4)OC3)c2O1. The number of hydrogen-bond donors (Lipinski definition) is 0. The Morgan fingerprint density at radius 3 is 2.79 bits per heavy atom. The van der Waals surface area contributed by atoms with E-state index in [1.165, 1.54) is 0 Å². The maximum absolute atomic E-state index is 6.39.